The molecule has 88 valence electrons. The van der Waals surface area contributed by atoms with Crippen molar-refractivity contribution in [1.29, 1.82) is 0 Å². The molecule has 1 rings (SSSR count). The quantitative estimate of drug-likeness (QED) is 0.785. The average Bonchev–Trinajstić information content (AvgIpc) is 2.26. The van der Waals surface area contributed by atoms with Crippen LogP contribution < -0.4 is 0 Å². The molecule has 4 heteroatoms. The number of likely N-dealkylation sites (tertiary alicyclic amines) is 1. The van der Waals surface area contributed by atoms with Crippen molar-refractivity contribution >= 4 is 17.7 Å². The van der Waals surface area contributed by atoms with Crippen molar-refractivity contribution < 1.29 is 9.90 Å². The van der Waals surface area contributed by atoms with E-state index in [1.807, 2.05) is 18.7 Å². The zero-order valence-corrected chi connectivity index (χ0v) is 10.5. The van der Waals surface area contributed by atoms with E-state index in [0.717, 1.165) is 44.6 Å². The van der Waals surface area contributed by atoms with Gasteiger partial charge in [-0.2, -0.15) is 11.8 Å². The Morgan fingerprint density at radius 1 is 1.60 bits per heavy atom. The summed E-state index contributed by atoms with van der Waals surface area (Å²) in [4.78, 5) is 13.6. The maximum absolute atomic E-state index is 11.3. The van der Waals surface area contributed by atoms with Crippen molar-refractivity contribution in [1.82, 2.24) is 4.90 Å². The van der Waals surface area contributed by atoms with Crippen molar-refractivity contribution in [2.45, 2.75) is 26.2 Å². The van der Waals surface area contributed by atoms with Gasteiger partial charge in [-0.3, -0.25) is 4.79 Å². The van der Waals surface area contributed by atoms with E-state index in [-0.39, 0.29) is 0 Å². The van der Waals surface area contributed by atoms with Gasteiger partial charge in [0.1, 0.15) is 0 Å². The van der Waals surface area contributed by atoms with Gasteiger partial charge in [0.25, 0.3) is 0 Å². The summed E-state index contributed by atoms with van der Waals surface area (Å²) >= 11 is 1.82. The second-order valence-electron chi connectivity index (χ2n) is 4.31. The first-order valence-corrected chi connectivity index (χ1v) is 6.98. The SMILES string of the molecule is CCC1(C(=O)O)CCCN(CCSC)C1. The first-order chi connectivity index (χ1) is 7.14. The van der Waals surface area contributed by atoms with Gasteiger partial charge in [0.2, 0.25) is 0 Å². The monoisotopic (exact) mass is 231 g/mol. The summed E-state index contributed by atoms with van der Waals surface area (Å²) < 4.78 is 0. The minimum Gasteiger partial charge on any atom is -0.481 e. The van der Waals surface area contributed by atoms with Crippen LogP contribution in [0.3, 0.4) is 0 Å². The van der Waals surface area contributed by atoms with Crippen LogP contribution in [0.15, 0.2) is 0 Å². The highest BCUT2D eigenvalue weighted by Crippen LogP contribution is 2.33. The topological polar surface area (TPSA) is 40.5 Å². The minimum atomic E-state index is -0.612. The highest BCUT2D eigenvalue weighted by molar-refractivity contribution is 7.98. The second-order valence-corrected chi connectivity index (χ2v) is 5.30. The van der Waals surface area contributed by atoms with E-state index in [2.05, 4.69) is 11.2 Å². The molecule has 0 aliphatic carbocycles. The first-order valence-electron chi connectivity index (χ1n) is 5.59. The Hall–Kier alpha value is -0.220. The molecule has 1 saturated heterocycles. The number of hydrogen-bond acceptors (Lipinski definition) is 3. The van der Waals surface area contributed by atoms with Gasteiger partial charge in [-0.25, -0.2) is 0 Å². The van der Waals surface area contributed by atoms with Gasteiger partial charge in [0, 0.05) is 18.8 Å². The maximum Gasteiger partial charge on any atom is 0.310 e. The molecule has 0 spiro atoms. The van der Waals surface area contributed by atoms with Crippen molar-refractivity contribution in [2.24, 2.45) is 5.41 Å². The molecule has 3 nitrogen and oxygen atoms in total. The third-order valence-electron chi connectivity index (χ3n) is 3.40. The van der Waals surface area contributed by atoms with E-state index in [1.54, 1.807) is 0 Å². The lowest BCUT2D eigenvalue weighted by atomic mass is 9.78. The standard InChI is InChI=1S/C11H21NO2S/c1-3-11(10(13)14)5-4-6-12(9-11)7-8-15-2/h3-9H2,1-2H3,(H,13,14). The Morgan fingerprint density at radius 3 is 2.87 bits per heavy atom. The van der Waals surface area contributed by atoms with Crippen molar-refractivity contribution in [3.8, 4) is 0 Å². The number of hydrogen-bond donors (Lipinski definition) is 1. The Bertz CT molecular complexity index is 223. The van der Waals surface area contributed by atoms with Crippen molar-refractivity contribution in [3.05, 3.63) is 0 Å². The molecule has 0 aromatic carbocycles. The Morgan fingerprint density at radius 2 is 2.33 bits per heavy atom. The molecule has 1 fully saturated rings. The highest BCUT2D eigenvalue weighted by atomic mass is 32.2. The largest absolute Gasteiger partial charge is 0.481 e. The molecule has 0 aromatic heterocycles. The summed E-state index contributed by atoms with van der Waals surface area (Å²) in [7, 11) is 0. The third kappa shape index (κ3) is 3.11. The fourth-order valence-electron chi connectivity index (χ4n) is 2.25. The summed E-state index contributed by atoms with van der Waals surface area (Å²) in [5, 5.41) is 9.30. The van der Waals surface area contributed by atoms with E-state index in [1.165, 1.54) is 0 Å². The highest BCUT2D eigenvalue weighted by Gasteiger charge is 2.40. The summed E-state index contributed by atoms with van der Waals surface area (Å²) in [6.07, 6.45) is 4.70. The number of rotatable bonds is 5. The van der Waals surface area contributed by atoms with E-state index < -0.39 is 11.4 Å². The van der Waals surface area contributed by atoms with Gasteiger partial charge in [-0.15, -0.1) is 0 Å². The molecule has 1 N–H and O–H groups in total. The van der Waals surface area contributed by atoms with Crippen LogP contribution in [0.1, 0.15) is 26.2 Å². The molecule has 15 heavy (non-hydrogen) atoms. The van der Waals surface area contributed by atoms with E-state index >= 15 is 0 Å². The van der Waals surface area contributed by atoms with Gasteiger partial charge >= 0.3 is 5.97 Å². The average molecular weight is 231 g/mol. The Kier molecular flexibility index (Phi) is 4.93. The van der Waals surface area contributed by atoms with Crippen LogP contribution >= 0.6 is 11.8 Å². The molecule has 1 heterocycles. The van der Waals surface area contributed by atoms with Gasteiger partial charge in [0.15, 0.2) is 0 Å². The van der Waals surface area contributed by atoms with Crippen LogP contribution in [-0.2, 0) is 4.79 Å². The predicted molar refractivity (Wildman–Crippen MR) is 64.4 cm³/mol. The number of carbonyl (C=O) groups is 1. The summed E-state index contributed by atoms with van der Waals surface area (Å²) in [5.74, 6) is 0.484. The van der Waals surface area contributed by atoms with Gasteiger partial charge in [0.05, 0.1) is 5.41 Å². The smallest absolute Gasteiger partial charge is 0.310 e. The fourth-order valence-corrected chi connectivity index (χ4v) is 2.69. The molecule has 0 amide bonds. The van der Waals surface area contributed by atoms with Gasteiger partial charge in [-0.05, 0) is 32.1 Å². The van der Waals surface area contributed by atoms with Crippen LogP contribution in [0.5, 0.6) is 0 Å². The lowest BCUT2D eigenvalue weighted by Gasteiger charge is -2.39. The third-order valence-corrected chi connectivity index (χ3v) is 3.99. The zero-order chi connectivity index (χ0) is 11.3. The van der Waals surface area contributed by atoms with Gasteiger partial charge < -0.3 is 10.0 Å². The molecule has 1 atom stereocenters. The number of aliphatic carboxylic acids is 1. The van der Waals surface area contributed by atoms with E-state index in [4.69, 9.17) is 0 Å². The van der Waals surface area contributed by atoms with Crippen molar-refractivity contribution in [2.75, 3.05) is 31.6 Å². The molecule has 0 saturated carbocycles. The van der Waals surface area contributed by atoms with Crippen molar-refractivity contribution in [3.63, 3.8) is 0 Å². The Balaban J connectivity index is 2.56. The molecule has 1 aliphatic heterocycles. The van der Waals surface area contributed by atoms with Crippen LogP contribution in [0.25, 0.3) is 0 Å². The molecule has 0 bridgehead atoms. The maximum atomic E-state index is 11.3. The summed E-state index contributed by atoms with van der Waals surface area (Å²) in [6.45, 7) is 4.82. The second kappa shape index (κ2) is 5.75. The van der Waals surface area contributed by atoms with Gasteiger partial charge in [-0.1, -0.05) is 6.92 Å². The van der Waals surface area contributed by atoms with E-state index in [9.17, 15) is 9.90 Å². The fraction of sp³-hybridized carbons (Fsp3) is 0.909. The minimum absolute atomic E-state index is 0.476. The van der Waals surface area contributed by atoms with Crippen LogP contribution in [0.4, 0.5) is 0 Å². The normalized spacial score (nSPS) is 27.9. The summed E-state index contributed by atoms with van der Waals surface area (Å²) in [5.41, 5.74) is -0.476. The van der Waals surface area contributed by atoms with E-state index in [0.29, 0.717) is 0 Å². The lowest BCUT2D eigenvalue weighted by Crippen LogP contribution is -2.48. The summed E-state index contributed by atoms with van der Waals surface area (Å²) in [6, 6.07) is 0. The van der Waals surface area contributed by atoms with Crippen LogP contribution in [-0.4, -0.2) is 47.6 Å². The molecule has 0 aromatic rings. The zero-order valence-electron chi connectivity index (χ0n) is 9.66. The first kappa shape index (κ1) is 12.8. The molecular formula is C11H21NO2S. The number of carboxylic acids is 1. The number of piperidine rings is 1. The molecule has 1 aliphatic rings. The Labute approximate surface area is 96.2 Å². The lowest BCUT2D eigenvalue weighted by molar-refractivity contribution is -0.152. The predicted octanol–water partition coefficient (Wildman–Crippen LogP) is 1.93. The number of carboxylic acid groups (broad SMARTS) is 1. The van der Waals surface area contributed by atoms with Crippen LogP contribution in [0.2, 0.25) is 0 Å². The molecule has 0 radical (unpaired) electrons. The molecular weight excluding hydrogens is 210 g/mol. The van der Waals surface area contributed by atoms with Crippen LogP contribution in [0, 0.1) is 5.41 Å². The number of thioether (sulfide) groups is 1. The molecule has 1 unspecified atom stereocenters. The number of nitrogens with zero attached hydrogens (tertiary/aromatic N) is 1.